The van der Waals surface area contributed by atoms with Gasteiger partial charge in [0, 0.05) is 16.8 Å². The Morgan fingerprint density at radius 2 is 2.00 bits per heavy atom. The highest BCUT2D eigenvalue weighted by molar-refractivity contribution is 5.80. The summed E-state index contributed by atoms with van der Waals surface area (Å²) >= 11 is 0. The summed E-state index contributed by atoms with van der Waals surface area (Å²) in [5, 5.41) is 10.0. The summed E-state index contributed by atoms with van der Waals surface area (Å²) in [5.74, 6) is 0. The maximum atomic E-state index is 11.8. The fourth-order valence-corrected chi connectivity index (χ4v) is 2.19. The molecule has 6 heteroatoms. The Morgan fingerprint density at radius 1 is 1.20 bits per heavy atom. The Hall–Kier alpha value is -3.07. The van der Waals surface area contributed by atoms with Gasteiger partial charge in [-0.15, -0.1) is 0 Å². The fraction of sp³-hybridized carbons (Fsp3) is 0.0714. The highest BCUT2D eigenvalue weighted by Gasteiger charge is 2.15. The third-order valence-corrected chi connectivity index (χ3v) is 3.01. The summed E-state index contributed by atoms with van der Waals surface area (Å²) in [7, 11) is 0. The normalized spacial score (nSPS) is 12.3. The van der Waals surface area contributed by atoms with E-state index in [1.165, 1.54) is 0 Å². The number of nitrogens with zero attached hydrogens (tertiary/aromatic N) is 3. The van der Waals surface area contributed by atoms with E-state index in [4.69, 9.17) is 5.26 Å². The minimum Gasteiger partial charge on any atom is -0.325 e. The number of pyridine rings is 1. The SMILES string of the molecule is Cc1cc(-c2cccc3c2=NC(=O)N=3)c(C#N)c(=O)[nH]1. The highest BCUT2D eigenvalue weighted by Crippen LogP contribution is 2.18. The molecule has 0 bridgehead atoms. The molecule has 0 aliphatic carbocycles. The van der Waals surface area contributed by atoms with Crippen LogP contribution in [-0.2, 0) is 0 Å². The number of hydrogen-bond donors (Lipinski definition) is 1. The molecule has 1 N–H and O–H groups in total. The van der Waals surface area contributed by atoms with E-state index in [2.05, 4.69) is 15.0 Å². The van der Waals surface area contributed by atoms with E-state index in [1.54, 1.807) is 31.2 Å². The van der Waals surface area contributed by atoms with Crippen LogP contribution in [0.5, 0.6) is 0 Å². The number of carbonyl (C=O) groups excluding carboxylic acids is 1. The Morgan fingerprint density at radius 3 is 2.75 bits per heavy atom. The van der Waals surface area contributed by atoms with Crippen LogP contribution >= 0.6 is 0 Å². The topological polar surface area (TPSA) is 98.4 Å². The van der Waals surface area contributed by atoms with Gasteiger partial charge in [-0.3, -0.25) is 4.79 Å². The number of amides is 2. The smallest absolute Gasteiger partial charge is 0.325 e. The van der Waals surface area contributed by atoms with Gasteiger partial charge in [0.25, 0.3) is 5.56 Å². The molecule has 1 aromatic carbocycles. The molecule has 0 atom stereocenters. The van der Waals surface area contributed by atoms with Crippen molar-refractivity contribution in [1.82, 2.24) is 4.98 Å². The summed E-state index contributed by atoms with van der Waals surface area (Å²) < 4.78 is 0. The maximum absolute atomic E-state index is 11.8. The Labute approximate surface area is 112 Å². The van der Waals surface area contributed by atoms with Crippen LogP contribution in [0.3, 0.4) is 0 Å². The molecule has 0 unspecified atom stereocenters. The maximum Gasteiger partial charge on any atom is 0.368 e. The summed E-state index contributed by atoms with van der Waals surface area (Å²) in [6.45, 7) is 1.72. The Bertz CT molecular complexity index is 964. The summed E-state index contributed by atoms with van der Waals surface area (Å²) in [5.41, 5.74) is 1.19. The van der Waals surface area contributed by atoms with Crippen LogP contribution < -0.4 is 16.3 Å². The third-order valence-electron chi connectivity index (χ3n) is 3.01. The lowest BCUT2D eigenvalue weighted by Gasteiger charge is -2.04. The van der Waals surface area contributed by atoms with Gasteiger partial charge in [0.15, 0.2) is 0 Å². The third kappa shape index (κ3) is 1.73. The van der Waals surface area contributed by atoms with Crippen molar-refractivity contribution in [1.29, 1.82) is 5.26 Å². The number of benzene rings is 1. The van der Waals surface area contributed by atoms with Crippen LogP contribution in [0.15, 0.2) is 39.0 Å². The number of carbonyl (C=O) groups is 1. The van der Waals surface area contributed by atoms with Gasteiger partial charge >= 0.3 is 6.03 Å². The van der Waals surface area contributed by atoms with E-state index in [0.29, 0.717) is 27.5 Å². The molecular formula is C14H8N4O2. The van der Waals surface area contributed by atoms with Crippen LogP contribution in [0.4, 0.5) is 4.79 Å². The molecule has 0 spiro atoms. The van der Waals surface area contributed by atoms with Crippen molar-refractivity contribution in [2.45, 2.75) is 6.92 Å². The van der Waals surface area contributed by atoms with Gasteiger partial charge in [-0.2, -0.15) is 15.2 Å². The van der Waals surface area contributed by atoms with Crippen LogP contribution in [-0.4, -0.2) is 11.0 Å². The van der Waals surface area contributed by atoms with Gasteiger partial charge in [0.05, 0.1) is 5.36 Å². The number of aromatic nitrogens is 1. The average molecular weight is 264 g/mol. The standard InChI is InChI=1S/C14H8N4O2/c1-7-5-9(10(6-15)13(19)16-7)8-3-2-4-11-12(8)18-14(20)17-11/h2-5H,1H3,(H,16,19). The number of nitrogens with one attached hydrogen (secondary N) is 1. The second kappa shape index (κ2) is 4.24. The van der Waals surface area contributed by atoms with Crippen molar-refractivity contribution in [2.24, 2.45) is 9.98 Å². The molecule has 1 aliphatic rings. The predicted molar refractivity (Wildman–Crippen MR) is 69.7 cm³/mol. The predicted octanol–water partition coefficient (Wildman–Crippen LogP) is 0.595. The second-order valence-electron chi connectivity index (χ2n) is 4.36. The average Bonchev–Trinajstić information content (AvgIpc) is 2.77. The van der Waals surface area contributed by atoms with E-state index in [1.807, 2.05) is 6.07 Å². The van der Waals surface area contributed by atoms with Gasteiger partial charge in [0.2, 0.25) is 0 Å². The monoisotopic (exact) mass is 264 g/mol. The lowest BCUT2D eigenvalue weighted by Crippen LogP contribution is -2.25. The molecule has 3 rings (SSSR count). The molecule has 1 aliphatic heterocycles. The van der Waals surface area contributed by atoms with Crippen LogP contribution in [0.1, 0.15) is 11.3 Å². The Kier molecular flexibility index (Phi) is 2.54. The molecule has 2 amide bonds. The zero-order chi connectivity index (χ0) is 14.3. The van der Waals surface area contributed by atoms with Crippen molar-refractivity contribution in [2.75, 3.05) is 0 Å². The van der Waals surface area contributed by atoms with Crippen LogP contribution in [0.25, 0.3) is 11.1 Å². The molecule has 1 aromatic heterocycles. The quantitative estimate of drug-likeness (QED) is 0.816. The van der Waals surface area contributed by atoms with Crippen molar-refractivity contribution >= 4 is 6.03 Å². The van der Waals surface area contributed by atoms with E-state index >= 15 is 0 Å². The lowest BCUT2D eigenvalue weighted by molar-refractivity contribution is 0.256. The molecule has 0 saturated heterocycles. The van der Waals surface area contributed by atoms with E-state index < -0.39 is 11.6 Å². The van der Waals surface area contributed by atoms with Crippen molar-refractivity contribution in [3.8, 4) is 17.2 Å². The van der Waals surface area contributed by atoms with E-state index in [-0.39, 0.29) is 5.56 Å². The van der Waals surface area contributed by atoms with Crippen molar-refractivity contribution < 1.29 is 4.79 Å². The number of aromatic amines is 1. The number of para-hydroxylation sites is 1. The minimum atomic E-state index is -0.576. The zero-order valence-electron chi connectivity index (χ0n) is 10.5. The zero-order valence-corrected chi connectivity index (χ0v) is 10.5. The molecule has 20 heavy (non-hydrogen) atoms. The first-order chi connectivity index (χ1) is 9.60. The largest absolute Gasteiger partial charge is 0.368 e. The van der Waals surface area contributed by atoms with Gasteiger partial charge in [0.1, 0.15) is 17.0 Å². The minimum absolute atomic E-state index is 0.00134. The Balaban J connectivity index is 2.45. The lowest BCUT2D eigenvalue weighted by atomic mass is 10.0. The number of aryl methyl sites for hydroxylation is 1. The highest BCUT2D eigenvalue weighted by atomic mass is 16.2. The van der Waals surface area contributed by atoms with Gasteiger partial charge < -0.3 is 4.98 Å². The van der Waals surface area contributed by atoms with Gasteiger partial charge in [-0.25, -0.2) is 4.79 Å². The number of H-pyrrole nitrogens is 1. The molecule has 0 fully saturated rings. The van der Waals surface area contributed by atoms with E-state index in [0.717, 1.165) is 0 Å². The van der Waals surface area contributed by atoms with Crippen LogP contribution in [0.2, 0.25) is 0 Å². The van der Waals surface area contributed by atoms with Crippen LogP contribution in [0, 0.1) is 18.3 Å². The van der Waals surface area contributed by atoms with Gasteiger partial charge in [-0.1, -0.05) is 12.1 Å². The molecule has 0 radical (unpaired) electrons. The van der Waals surface area contributed by atoms with Crippen molar-refractivity contribution in [3.05, 3.63) is 56.6 Å². The number of rotatable bonds is 1. The number of urea groups is 1. The first-order valence-corrected chi connectivity index (χ1v) is 5.85. The number of nitriles is 1. The molecule has 2 aromatic rings. The second-order valence-corrected chi connectivity index (χ2v) is 4.36. The number of hydrogen-bond acceptors (Lipinski definition) is 3. The van der Waals surface area contributed by atoms with Crippen molar-refractivity contribution in [3.63, 3.8) is 0 Å². The summed E-state index contributed by atoms with van der Waals surface area (Å²) in [6.07, 6.45) is 0. The van der Waals surface area contributed by atoms with E-state index in [9.17, 15) is 9.59 Å². The summed E-state index contributed by atoms with van der Waals surface area (Å²) in [4.78, 5) is 33.3. The summed E-state index contributed by atoms with van der Waals surface area (Å²) in [6, 6.07) is 8.09. The molecule has 6 nitrogen and oxygen atoms in total. The first kappa shape index (κ1) is 12.0. The fourth-order valence-electron chi connectivity index (χ4n) is 2.19. The molecule has 2 heterocycles. The van der Waals surface area contributed by atoms with Gasteiger partial charge in [-0.05, 0) is 19.1 Å². The first-order valence-electron chi connectivity index (χ1n) is 5.85. The molecule has 0 saturated carbocycles. The number of fused-ring (bicyclic) bond motifs is 1. The molecular weight excluding hydrogens is 256 g/mol. The molecule has 96 valence electrons.